The molecular weight excluding hydrogens is 418 g/mol. The van der Waals surface area contributed by atoms with E-state index in [2.05, 4.69) is 15.6 Å². The number of ether oxygens (including phenoxy) is 1. The number of fused-ring (bicyclic) bond motifs is 1. The van der Waals surface area contributed by atoms with Gasteiger partial charge in [0.05, 0.1) is 22.4 Å². The first-order chi connectivity index (χ1) is 14.3. The molecule has 1 aliphatic rings. The number of aromatic nitrogens is 2. The molecule has 0 aromatic carbocycles. The van der Waals surface area contributed by atoms with Gasteiger partial charge in [-0.1, -0.05) is 17.4 Å². The Morgan fingerprint density at radius 1 is 1.33 bits per heavy atom. The fourth-order valence-electron chi connectivity index (χ4n) is 3.68. The third-order valence-electron chi connectivity index (χ3n) is 5.43. The maximum absolute atomic E-state index is 13.5. The van der Waals surface area contributed by atoms with Gasteiger partial charge in [-0.05, 0) is 56.8 Å². The van der Waals surface area contributed by atoms with E-state index in [-0.39, 0.29) is 12.2 Å². The molecule has 6 nitrogen and oxygen atoms in total. The molecule has 4 rings (SSSR count). The van der Waals surface area contributed by atoms with Crippen molar-refractivity contribution < 1.29 is 9.53 Å². The molecule has 4 heterocycles. The van der Waals surface area contributed by atoms with Crippen LogP contribution in [0.15, 0.2) is 44.6 Å². The van der Waals surface area contributed by atoms with E-state index in [1.807, 2.05) is 44.5 Å². The average Bonchev–Trinajstić information content (AvgIpc) is 3.39. The summed E-state index contributed by atoms with van der Waals surface area (Å²) >= 11 is 2.86. The summed E-state index contributed by atoms with van der Waals surface area (Å²) < 4.78 is 9.62. The molecule has 1 aliphatic heterocycles. The van der Waals surface area contributed by atoms with Gasteiger partial charge in [-0.25, -0.2) is 9.79 Å². The number of aryl methyl sites for hydroxylation is 1. The van der Waals surface area contributed by atoms with Crippen LogP contribution in [0.5, 0.6) is 0 Å². The van der Waals surface area contributed by atoms with Crippen molar-refractivity contribution in [1.82, 2.24) is 9.13 Å². The Bertz CT molecular complexity index is 1340. The van der Waals surface area contributed by atoms with Gasteiger partial charge in [-0.2, -0.15) is 0 Å². The topological polar surface area (TPSA) is 65.6 Å². The molecule has 0 N–H and O–H groups in total. The summed E-state index contributed by atoms with van der Waals surface area (Å²) in [7, 11) is 2.01. The number of thiophene rings is 1. The summed E-state index contributed by atoms with van der Waals surface area (Å²) in [6.07, 6.45) is 1.92. The standard InChI is InChI=1S/C22H23N3O3S2/c1-6-28-21(27)18-13(3)23-22-25(19(18)16-8-7-9-29-16)20(26)17(30-22)11-15-10-12(2)24(5)14(15)4/h7-11,19H,6H2,1-5H3/b17-11-/t19-/m0/s1. The van der Waals surface area contributed by atoms with E-state index < -0.39 is 12.0 Å². The maximum Gasteiger partial charge on any atom is 0.338 e. The number of nitrogens with zero attached hydrogens (tertiary/aromatic N) is 3. The molecule has 156 valence electrons. The van der Waals surface area contributed by atoms with Crippen LogP contribution in [0.3, 0.4) is 0 Å². The first-order valence-electron chi connectivity index (χ1n) is 9.69. The lowest BCUT2D eigenvalue weighted by atomic mass is 10.0. The Kier molecular flexibility index (Phi) is 5.38. The fourth-order valence-corrected chi connectivity index (χ4v) is 5.54. The molecule has 0 saturated heterocycles. The molecule has 0 aliphatic carbocycles. The Labute approximate surface area is 182 Å². The van der Waals surface area contributed by atoms with E-state index in [0.717, 1.165) is 21.8 Å². The molecule has 0 amide bonds. The van der Waals surface area contributed by atoms with E-state index >= 15 is 0 Å². The first kappa shape index (κ1) is 20.6. The minimum absolute atomic E-state index is 0.146. The lowest BCUT2D eigenvalue weighted by molar-refractivity contribution is -0.139. The molecular formula is C22H23N3O3S2. The minimum atomic E-state index is -0.527. The largest absolute Gasteiger partial charge is 0.463 e. The highest BCUT2D eigenvalue weighted by molar-refractivity contribution is 7.10. The van der Waals surface area contributed by atoms with Crippen molar-refractivity contribution in [3.63, 3.8) is 0 Å². The molecule has 3 aromatic rings. The third-order valence-corrected chi connectivity index (χ3v) is 7.34. The van der Waals surface area contributed by atoms with Gasteiger partial charge < -0.3 is 9.30 Å². The van der Waals surface area contributed by atoms with Gasteiger partial charge in [-0.15, -0.1) is 11.3 Å². The molecule has 0 saturated carbocycles. The molecule has 3 aromatic heterocycles. The smallest absolute Gasteiger partial charge is 0.338 e. The third kappa shape index (κ3) is 3.30. The highest BCUT2D eigenvalue weighted by Gasteiger charge is 2.33. The van der Waals surface area contributed by atoms with Crippen LogP contribution in [0.2, 0.25) is 0 Å². The molecule has 30 heavy (non-hydrogen) atoms. The van der Waals surface area contributed by atoms with Crippen molar-refractivity contribution in [2.24, 2.45) is 12.0 Å². The van der Waals surface area contributed by atoms with Gasteiger partial charge in [-0.3, -0.25) is 9.36 Å². The van der Waals surface area contributed by atoms with E-state index in [4.69, 9.17) is 4.74 Å². The van der Waals surface area contributed by atoms with Gasteiger partial charge >= 0.3 is 5.97 Å². The predicted octanol–water partition coefficient (Wildman–Crippen LogP) is 2.82. The Hall–Kier alpha value is -2.71. The van der Waals surface area contributed by atoms with Crippen molar-refractivity contribution >= 4 is 34.7 Å². The molecule has 1 atom stereocenters. The average molecular weight is 442 g/mol. The van der Waals surface area contributed by atoms with Crippen LogP contribution in [0.25, 0.3) is 6.08 Å². The van der Waals surface area contributed by atoms with E-state index in [1.165, 1.54) is 22.7 Å². The number of allylic oxidation sites excluding steroid dienone is 1. The number of carbonyl (C=O) groups is 1. The molecule has 0 radical (unpaired) electrons. The Balaban J connectivity index is 1.96. The van der Waals surface area contributed by atoms with Crippen LogP contribution in [0.4, 0.5) is 0 Å². The van der Waals surface area contributed by atoms with Crippen molar-refractivity contribution in [3.05, 3.63) is 76.4 Å². The normalized spacial score (nSPS) is 16.6. The number of rotatable bonds is 4. The SMILES string of the molecule is CCOC(=O)C1=C(C)N=c2s/c(=C\c3cc(C)n(C)c3C)c(=O)n2[C@H]1c1cccs1. The fraction of sp³-hybridized carbons (Fsp3) is 0.318. The lowest BCUT2D eigenvalue weighted by Gasteiger charge is -2.23. The predicted molar refractivity (Wildman–Crippen MR) is 120 cm³/mol. The summed E-state index contributed by atoms with van der Waals surface area (Å²) in [4.78, 5) is 32.3. The van der Waals surface area contributed by atoms with Crippen LogP contribution < -0.4 is 14.9 Å². The molecule has 0 bridgehead atoms. The number of esters is 1. The molecule has 0 unspecified atom stereocenters. The minimum Gasteiger partial charge on any atom is -0.463 e. The zero-order valence-corrected chi connectivity index (χ0v) is 19.2. The van der Waals surface area contributed by atoms with Crippen LogP contribution in [0.1, 0.15) is 41.7 Å². The van der Waals surface area contributed by atoms with Crippen LogP contribution in [-0.4, -0.2) is 21.7 Å². The quantitative estimate of drug-likeness (QED) is 0.585. The van der Waals surface area contributed by atoms with Gasteiger partial charge in [0.25, 0.3) is 5.56 Å². The summed E-state index contributed by atoms with van der Waals surface area (Å²) in [6.45, 7) is 7.91. The van der Waals surface area contributed by atoms with Gasteiger partial charge in [0.1, 0.15) is 6.04 Å². The zero-order valence-electron chi connectivity index (χ0n) is 17.6. The highest BCUT2D eigenvalue weighted by Crippen LogP contribution is 2.33. The monoisotopic (exact) mass is 441 g/mol. The lowest BCUT2D eigenvalue weighted by Crippen LogP contribution is -2.39. The summed E-state index contributed by atoms with van der Waals surface area (Å²) in [5.41, 5.74) is 4.10. The maximum atomic E-state index is 13.5. The molecule has 0 fully saturated rings. The van der Waals surface area contributed by atoms with E-state index in [1.54, 1.807) is 18.4 Å². The Morgan fingerprint density at radius 2 is 2.10 bits per heavy atom. The second-order valence-corrected chi connectivity index (χ2v) is 9.19. The van der Waals surface area contributed by atoms with E-state index in [0.29, 0.717) is 20.6 Å². The number of carbonyl (C=O) groups excluding carboxylic acids is 1. The van der Waals surface area contributed by atoms with Gasteiger partial charge in [0.15, 0.2) is 4.80 Å². The summed E-state index contributed by atoms with van der Waals surface area (Å²) in [5, 5.41) is 1.94. The second kappa shape index (κ2) is 7.85. The molecule has 0 spiro atoms. The highest BCUT2D eigenvalue weighted by atomic mass is 32.1. The van der Waals surface area contributed by atoms with Crippen molar-refractivity contribution in [3.8, 4) is 0 Å². The number of thiazole rings is 1. The number of hydrogen-bond donors (Lipinski definition) is 0. The zero-order chi connectivity index (χ0) is 21.6. The van der Waals surface area contributed by atoms with Crippen molar-refractivity contribution in [1.29, 1.82) is 0 Å². The number of hydrogen-bond acceptors (Lipinski definition) is 6. The first-order valence-corrected chi connectivity index (χ1v) is 11.4. The Morgan fingerprint density at radius 3 is 2.70 bits per heavy atom. The van der Waals surface area contributed by atoms with Crippen LogP contribution in [0, 0.1) is 13.8 Å². The van der Waals surface area contributed by atoms with Crippen LogP contribution >= 0.6 is 22.7 Å². The molecule has 8 heteroatoms. The summed E-state index contributed by atoms with van der Waals surface area (Å²) in [6, 6.07) is 5.40. The van der Waals surface area contributed by atoms with Crippen molar-refractivity contribution in [2.45, 2.75) is 33.7 Å². The second-order valence-electron chi connectivity index (χ2n) is 7.20. The van der Waals surface area contributed by atoms with Gasteiger partial charge in [0.2, 0.25) is 0 Å². The summed E-state index contributed by atoms with van der Waals surface area (Å²) in [5.74, 6) is -0.430. The van der Waals surface area contributed by atoms with Gasteiger partial charge in [0, 0.05) is 23.3 Å². The van der Waals surface area contributed by atoms with Crippen LogP contribution in [-0.2, 0) is 16.6 Å². The van der Waals surface area contributed by atoms with Crippen molar-refractivity contribution in [2.75, 3.05) is 6.61 Å². The van der Waals surface area contributed by atoms with E-state index in [9.17, 15) is 9.59 Å².